The van der Waals surface area contributed by atoms with Crippen molar-refractivity contribution in [3.05, 3.63) is 76.1 Å². The Morgan fingerprint density at radius 2 is 1.60 bits per heavy atom. The summed E-state index contributed by atoms with van der Waals surface area (Å²) in [6.45, 7) is 11.2. The summed E-state index contributed by atoms with van der Waals surface area (Å²) in [4.78, 5) is 18.3. The predicted molar refractivity (Wildman–Crippen MR) is 150 cm³/mol. The number of thiocarbonyl (C=S) groups is 1. The molecule has 9 heteroatoms. The minimum Gasteiger partial charge on any atom is -0.368 e. The molecule has 182 valence electrons. The molecule has 0 saturated carbocycles. The van der Waals surface area contributed by atoms with Gasteiger partial charge in [-0.15, -0.1) is 0 Å². The van der Waals surface area contributed by atoms with Crippen LogP contribution in [-0.4, -0.2) is 52.1 Å². The number of nitrogens with one attached hydrogen (secondary N) is 2. The average Bonchev–Trinajstić information content (AvgIpc) is 2.80. The molecule has 0 aliphatic carbocycles. The lowest BCUT2D eigenvalue weighted by molar-refractivity contribution is 0.385. The summed E-state index contributed by atoms with van der Waals surface area (Å²) in [5.41, 5.74) is 6.24. The van der Waals surface area contributed by atoms with Gasteiger partial charge in [-0.2, -0.15) is 4.99 Å². The number of aryl methyl sites for hydroxylation is 4. The van der Waals surface area contributed by atoms with Gasteiger partial charge in [0.05, 0.1) is 0 Å². The number of guanidine groups is 1. The number of aromatic nitrogens is 2. The van der Waals surface area contributed by atoms with E-state index in [0.717, 1.165) is 54.0 Å². The zero-order valence-corrected chi connectivity index (χ0v) is 22.0. The zero-order chi connectivity index (χ0) is 24.9. The van der Waals surface area contributed by atoms with Gasteiger partial charge in [0.15, 0.2) is 0 Å². The second-order valence-corrected chi connectivity index (χ2v) is 9.54. The normalized spacial score (nSPS) is 14.1. The van der Waals surface area contributed by atoms with Gasteiger partial charge in [0.2, 0.25) is 17.0 Å². The zero-order valence-electron chi connectivity index (χ0n) is 20.5. The monoisotopic (exact) mass is 507 g/mol. The molecular weight excluding hydrogens is 478 g/mol. The van der Waals surface area contributed by atoms with Crippen molar-refractivity contribution >= 4 is 52.2 Å². The topological polar surface area (TPSA) is 68.7 Å². The van der Waals surface area contributed by atoms with Gasteiger partial charge in [0, 0.05) is 54.0 Å². The van der Waals surface area contributed by atoms with Crippen molar-refractivity contribution in [3.8, 4) is 0 Å². The summed E-state index contributed by atoms with van der Waals surface area (Å²) in [7, 11) is 0. The molecule has 1 saturated heterocycles. The number of anilines is 3. The Bertz CT molecular complexity index is 1230. The Labute approximate surface area is 217 Å². The first-order chi connectivity index (χ1) is 16.8. The standard InChI is InChI=1S/C26H30ClN7S/c1-17-8-9-22(14-18(17)2)30-26(35)32-25(31-24-28-19(3)15-20(4)29-24)34-12-10-33(11-13-34)23-7-5-6-21(27)16-23/h5-9,14-16H,10-13H2,1-4H3,(H2,28,29,30,31,32,35). The summed E-state index contributed by atoms with van der Waals surface area (Å²) >= 11 is 11.8. The fraction of sp³-hybridized carbons (Fsp3) is 0.308. The fourth-order valence-electron chi connectivity index (χ4n) is 3.98. The first-order valence-corrected chi connectivity index (χ1v) is 12.4. The third-order valence-electron chi connectivity index (χ3n) is 5.92. The molecule has 0 amide bonds. The minimum absolute atomic E-state index is 0.373. The van der Waals surface area contributed by atoms with Crippen molar-refractivity contribution in [2.75, 3.05) is 41.7 Å². The van der Waals surface area contributed by atoms with Gasteiger partial charge < -0.3 is 15.1 Å². The van der Waals surface area contributed by atoms with Gasteiger partial charge in [0.25, 0.3) is 0 Å². The van der Waals surface area contributed by atoms with Gasteiger partial charge in [0.1, 0.15) is 0 Å². The first-order valence-electron chi connectivity index (χ1n) is 11.6. The Morgan fingerprint density at radius 3 is 2.26 bits per heavy atom. The molecule has 1 fully saturated rings. The van der Waals surface area contributed by atoms with E-state index in [1.54, 1.807) is 0 Å². The highest BCUT2D eigenvalue weighted by molar-refractivity contribution is 7.80. The van der Waals surface area contributed by atoms with Crippen molar-refractivity contribution in [1.29, 1.82) is 0 Å². The van der Waals surface area contributed by atoms with Crippen LogP contribution in [0.15, 0.2) is 53.5 Å². The number of piperazine rings is 1. The van der Waals surface area contributed by atoms with Crippen molar-refractivity contribution in [3.63, 3.8) is 0 Å². The molecule has 1 aliphatic rings. The Morgan fingerprint density at radius 1 is 0.886 bits per heavy atom. The van der Waals surface area contributed by atoms with Gasteiger partial charge >= 0.3 is 0 Å². The van der Waals surface area contributed by atoms with Crippen LogP contribution in [0.4, 0.5) is 17.3 Å². The van der Waals surface area contributed by atoms with Crippen molar-refractivity contribution in [2.24, 2.45) is 4.99 Å². The van der Waals surface area contributed by atoms with Crippen LogP contribution in [0.5, 0.6) is 0 Å². The molecule has 1 aromatic heterocycles. The van der Waals surface area contributed by atoms with Crippen LogP contribution in [0, 0.1) is 27.7 Å². The molecule has 2 aromatic carbocycles. The van der Waals surface area contributed by atoms with E-state index in [0.29, 0.717) is 17.0 Å². The van der Waals surface area contributed by atoms with E-state index in [1.807, 2.05) is 44.2 Å². The van der Waals surface area contributed by atoms with E-state index in [4.69, 9.17) is 28.8 Å². The van der Waals surface area contributed by atoms with Gasteiger partial charge in [-0.25, -0.2) is 9.97 Å². The lowest BCUT2D eigenvalue weighted by atomic mass is 10.1. The number of nitrogens with zero attached hydrogens (tertiary/aromatic N) is 5. The molecule has 7 nitrogen and oxygen atoms in total. The third kappa shape index (κ3) is 6.68. The minimum atomic E-state index is 0.373. The quantitative estimate of drug-likeness (QED) is 0.281. The van der Waals surface area contributed by atoms with Crippen LogP contribution in [0.1, 0.15) is 22.5 Å². The number of rotatable bonds is 3. The fourth-order valence-corrected chi connectivity index (χ4v) is 4.36. The van der Waals surface area contributed by atoms with Crippen LogP contribution in [0.2, 0.25) is 5.02 Å². The maximum absolute atomic E-state index is 6.20. The molecular formula is C26H30ClN7S. The van der Waals surface area contributed by atoms with E-state index in [2.05, 4.69) is 62.4 Å². The molecule has 0 radical (unpaired) electrons. The number of benzene rings is 2. The lowest BCUT2D eigenvalue weighted by Crippen LogP contribution is -2.51. The summed E-state index contributed by atoms with van der Waals surface area (Å²) in [6, 6.07) is 16.0. The molecule has 35 heavy (non-hydrogen) atoms. The number of halogens is 1. The van der Waals surface area contributed by atoms with Crippen LogP contribution < -0.4 is 15.5 Å². The molecule has 2 N–H and O–H groups in total. The van der Waals surface area contributed by atoms with Crippen molar-refractivity contribution in [1.82, 2.24) is 14.9 Å². The number of hydrogen-bond donors (Lipinski definition) is 2. The molecule has 0 spiro atoms. The molecule has 0 bridgehead atoms. The van der Waals surface area contributed by atoms with Crippen LogP contribution >= 0.6 is 23.8 Å². The summed E-state index contributed by atoms with van der Waals surface area (Å²) in [5, 5.41) is 7.67. The van der Waals surface area contributed by atoms with Crippen molar-refractivity contribution in [2.45, 2.75) is 27.7 Å². The highest BCUT2D eigenvalue weighted by Gasteiger charge is 2.22. The van der Waals surface area contributed by atoms with E-state index in [1.165, 1.54) is 11.1 Å². The highest BCUT2D eigenvalue weighted by atomic mass is 35.5. The second kappa shape index (κ2) is 11.0. The van der Waals surface area contributed by atoms with E-state index < -0.39 is 0 Å². The van der Waals surface area contributed by atoms with E-state index >= 15 is 0 Å². The molecule has 0 unspecified atom stereocenters. The summed E-state index contributed by atoms with van der Waals surface area (Å²) < 4.78 is 0. The molecule has 0 atom stereocenters. The molecule has 2 heterocycles. The van der Waals surface area contributed by atoms with Crippen LogP contribution in [0.25, 0.3) is 0 Å². The lowest BCUT2D eigenvalue weighted by Gasteiger charge is -2.37. The van der Waals surface area contributed by atoms with Gasteiger partial charge in [-0.05, 0) is 87.4 Å². The van der Waals surface area contributed by atoms with E-state index in [-0.39, 0.29) is 0 Å². The Balaban J connectivity index is 1.54. The van der Waals surface area contributed by atoms with Gasteiger partial charge in [-0.1, -0.05) is 23.7 Å². The molecule has 3 aromatic rings. The maximum atomic E-state index is 6.20. The SMILES string of the molecule is Cc1cc(C)nc(N/C(=N/C(=S)Nc2ccc(C)c(C)c2)N2CCN(c3cccc(Cl)c3)CC2)n1. The highest BCUT2D eigenvalue weighted by Crippen LogP contribution is 2.21. The summed E-state index contributed by atoms with van der Waals surface area (Å²) in [6.07, 6.45) is 0. The van der Waals surface area contributed by atoms with E-state index in [9.17, 15) is 0 Å². The maximum Gasteiger partial charge on any atom is 0.229 e. The predicted octanol–water partition coefficient (Wildman–Crippen LogP) is 5.35. The smallest absolute Gasteiger partial charge is 0.229 e. The van der Waals surface area contributed by atoms with Crippen LogP contribution in [0.3, 0.4) is 0 Å². The first kappa shape index (κ1) is 24.9. The molecule has 1 aliphatic heterocycles. The van der Waals surface area contributed by atoms with Crippen molar-refractivity contribution < 1.29 is 0 Å². The number of hydrogen-bond acceptors (Lipinski definition) is 4. The average molecular weight is 508 g/mol. The molecule has 4 rings (SSSR count). The van der Waals surface area contributed by atoms with Gasteiger partial charge in [-0.3, -0.25) is 5.32 Å². The Kier molecular flexibility index (Phi) is 7.83. The number of aliphatic imine (C=N–C) groups is 1. The summed E-state index contributed by atoms with van der Waals surface area (Å²) in [5.74, 6) is 1.13. The largest absolute Gasteiger partial charge is 0.368 e. The van der Waals surface area contributed by atoms with Crippen LogP contribution in [-0.2, 0) is 0 Å². The second-order valence-electron chi connectivity index (χ2n) is 8.72. The Hall–Kier alpha value is -3.23. The third-order valence-corrected chi connectivity index (χ3v) is 6.35.